The summed E-state index contributed by atoms with van der Waals surface area (Å²) in [6.45, 7) is 0.141. The summed E-state index contributed by atoms with van der Waals surface area (Å²) in [4.78, 5) is 6.26. The topological polar surface area (TPSA) is 92.0 Å². The Morgan fingerprint density at radius 1 is 1.22 bits per heavy atom. The predicted molar refractivity (Wildman–Crippen MR) is 103 cm³/mol. The van der Waals surface area contributed by atoms with E-state index in [1.807, 2.05) is 14.1 Å². The standard InChI is InChI=1S/C19H21N3O4S/c1-22(2)13-21-17-10-19(18(25-3)9-15(17)11-20)26-12-14-6-5-7-16(8-14)27(4,23)24/h5-10,13H,12H2,1-4H3. The van der Waals surface area contributed by atoms with Crippen molar-refractivity contribution in [3.8, 4) is 17.6 Å². The summed E-state index contributed by atoms with van der Waals surface area (Å²) < 4.78 is 34.5. The number of nitriles is 1. The number of rotatable bonds is 7. The zero-order valence-corrected chi connectivity index (χ0v) is 16.4. The number of ether oxygens (including phenoxy) is 2. The molecule has 0 saturated carbocycles. The summed E-state index contributed by atoms with van der Waals surface area (Å²) in [6, 6.07) is 11.8. The van der Waals surface area contributed by atoms with E-state index in [1.165, 1.54) is 13.2 Å². The average molecular weight is 387 g/mol. The highest BCUT2D eigenvalue weighted by atomic mass is 32.2. The number of hydrogen-bond donors (Lipinski definition) is 0. The summed E-state index contributed by atoms with van der Waals surface area (Å²) in [6.07, 6.45) is 2.74. The van der Waals surface area contributed by atoms with E-state index in [4.69, 9.17) is 9.47 Å². The number of nitrogens with zero attached hydrogens (tertiary/aromatic N) is 3. The zero-order chi connectivity index (χ0) is 20.0. The fraction of sp³-hybridized carbons (Fsp3) is 0.263. The molecule has 0 fully saturated rings. The molecule has 0 bridgehead atoms. The van der Waals surface area contributed by atoms with E-state index in [1.54, 1.807) is 41.6 Å². The van der Waals surface area contributed by atoms with E-state index in [-0.39, 0.29) is 11.5 Å². The van der Waals surface area contributed by atoms with Gasteiger partial charge in [-0.3, -0.25) is 0 Å². The van der Waals surface area contributed by atoms with Crippen molar-refractivity contribution in [2.45, 2.75) is 11.5 Å². The number of sulfone groups is 1. The van der Waals surface area contributed by atoms with Gasteiger partial charge in [0.2, 0.25) is 0 Å². The van der Waals surface area contributed by atoms with Gasteiger partial charge in [-0.05, 0) is 17.7 Å². The minimum absolute atomic E-state index is 0.141. The SMILES string of the molecule is COc1cc(C#N)c(N=CN(C)C)cc1OCc1cccc(S(C)(=O)=O)c1. The fourth-order valence-electron chi connectivity index (χ4n) is 2.22. The van der Waals surface area contributed by atoms with Gasteiger partial charge in [0.25, 0.3) is 0 Å². The van der Waals surface area contributed by atoms with E-state index in [0.717, 1.165) is 6.26 Å². The molecule has 0 aromatic heterocycles. The largest absolute Gasteiger partial charge is 0.493 e. The summed E-state index contributed by atoms with van der Waals surface area (Å²) in [7, 11) is 1.84. The maximum Gasteiger partial charge on any atom is 0.175 e. The maximum absolute atomic E-state index is 11.7. The second kappa shape index (κ2) is 8.56. The molecular formula is C19H21N3O4S. The first-order valence-corrected chi connectivity index (χ1v) is 9.88. The molecule has 0 aliphatic rings. The normalized spacial score (nSPS) is 11.2. The van der Waals surface area contributed by atoms with Crippen LogP contribution in [0, 0.1) is 11.3 Å². The van der Waals surface area contributed by atoms with E-state index < -0.39 is 9.84 Å². The molecule has 2 rings (SSSR count). The Morgan fingerprint density at radius 2 is 1.96 bits per heavy atom. The molecule has 27 heavy (non-hydrogen) atoms. The predicted octanol–water partition coefficient (Wildman–Crippen LogP) is 2.77. The van der Waals surface area contributed by atoms with Crippen LogP contribution in [0.15, 0.2) is 46.3 Å². The number of methoxy groups -OCH3 is 1. The second-order valence-corrected chi connectivity index (χ2v) is 8.06. The molecular weight excluding hydrogens is 366 g/mol. The van der Waals surface area contributed by atoms with Gasteiger partial charge in [-0.25, -0.2) is 13.4 Å². The van der Waals surface area contributed by atoms with Crippen LogP contribution in [-0.4, -0.2) is 47.1 Å². The summed E-state index contributed by atoms with van der Waals surface area (Å²) in [5, 5.41) is 9.32. The first kappa shape index (κ1) is 20.3. The van der Waals surface area contributed by atoms with Crippen LogP contribution in [-0.2, 0) is 16.4 Å². The monoisotopic (exact) mass is 387 g/mol. The van der Waals surface area contributed by atoms with E-state index in [2.05, 4.69) is 11.1 Å². The fourth-order valence-corrected chi connectivity index (χ4v) is 2.91. The highest BCUT2D eigenvalue weighted by molar-refractivity contribution is 7.90. The van der Waals surface area contributed by atoms with Crippen LogP contribution in [0.5, 0.6) is 11.5 Å². The van der Waals surface area contributed by atoms with Crippen LogP contribution in [0.3, 0.4) is 0 Å². The Morgan fingerprint density at radius 3 is 2.56 bits per heavy atom. The molecule has 2 aromatic rings. The van der Waals surface area contributed by atoms with E-state index in [0.29, 0.717) is 28.3 Å². The van der Waals surface area contributed by atoms with E-state index >= 15 is 0 Å². The van der Waals surface area contributed by atoms with Crippen molar-refractivity contribution in [1.29, 1.82) is 5.26 Å². The van der Waals surface area contributed by atoms with Gasteiger partial charge >= 0.3 is 0 Å². The van der Waals surface area contributed by atoms with Crippen molar-refractivity contribution >= 4 is 21.9 Å². The van der Waals surface area contributed by atoms with Gasteiger partial charge in [-0.2, -0.15) is 5.26 Å². The lowest BCUT2D eigenvalue weighted by Gasteiger charge is -2.13. The van der Waals surface area contributed by atoms with Gasteiger partial charge in [0.15, 0.2) is 21.3 Å². The molecule has 0 saturated heterocycles. The molecule has 0 spiro atoms. The molecule has 8 heteroatoms. The molecule has 0 heterocycles. The molecule has 0 aliphatic heterocycles. The van der Waals surface area contributed by atoms with Gasteiger partial charge in [0.05, 0.1) is 29.6 Å². The molecule has 0 N–H and O–H groups in total. The van der Waals surface area contributed by atoms with Crippen molar-refractivity contribution in [2.24, 2.45) is 4.99 Å². The Bertz CT molecular complexity index is 992. The van der Waals surface area contributed by atoms with Gasteiger partial charge in [-0.15, -0.1) is 0 Å². The van der Waals surface area contributed by atoms with Crippen LogP contribution in [0.2, 0.25) is 0 Å². The molecule has 2 aromatic carbocycles. The second-order valence-electron chi connectivity index (χ2n) is 6.05. The van der Waals surface area contributed by atoms with Crippen LogP contribution < -0.4 is 9.47 Å². The van der Waals surface area contributed by atoms with Gasteiger partial charge in [-0.1, -0.05) is 12.1 Å². The third kappa shape index (κ3) is 5.46. The molecule has 0 amide bonds. The molecule has 0 aliphatic carbocycles. The smallest absolute Gasteiger partial charge is 0.175 e. The Labute approximate surface area is 159 Å². The summed E-state index contributed by atoms with van der Waals surface area (Å²) >= 11 is 0. The van der Waals surface area contributed by atoms with Crippen molar-refractivity contribution < 1.29 is 17.9 Å². The lowest BCUT2D eigenvalue weighted by Crippen LogP contribution is -2.07. The minimum atomic E-state index is -3.29. The van der Waals surface area contributed by atoms with Gasteiger partial charge in [0.1, 0.15) is 12.7 Å². The van der Waals surface area contributed by atoms with Crippen LogP contribution >= 0.6 is 0 Å². The summed E-state index contributed by atoms with van der Waals surface area (Å²) in [5.41, 5.74) is 1.51. The summed E-state index contributed by atoms with van der Waals surface area (Å²) in [5.74, 6) is 0.807. The Kier molecular flexibility index (Phi) is 6.42. The maximum atomic E-state index is 11.7. The highest BCUT2D eigenvalue weighted by Gasteiger charge is 2.13. The average Bonchev–Trinajstić information content (AvgIpc) is 2.63. The quantitative estimate of drug-likeness (QED) is 0.536. The Hall–Kier alpha value is -3.05. The highest BCUT2D eigenvalue weighted by Crippen LogP contribution is 2.35. The lowest BCUT2D eigenvalue weighted by atomic mass is 10.1. The van der Waals surface area contributed by atoms with Gasteiger partial charge < -0.3 is 14.4 Å². The Balaban J connectivity index is 2.33. The molecule has 0 unspecified atom stereocenters. The molecule has 7 nitrogen and oxygen atoms in total. The molecule has 142 valence electrons. The minimum Gasteiger partial charge on any atom is -0.493 e. The van der Waals surface area contributed by atoms with Crippen molar-refractivity contribution in [2.75, 3.05) is 27.5 Å². The van der Waals surface area contributed by atoms with Crippen LogP contribution in [0.4, 0.5) is 5.69 Å². The first-order chi connectivity index (χ1) is 12.7. The van der Waals surface area contributed by atoms with Crippen LogP contribution in [0.25, 0.3) is 0 Å². The lowest BCUT2D eigenvalue weighted by molar-refractivity contribution is 0.284. The third-order valence-electron chi connectivity index (χ3n) is 3.55. The molecule has 0 atom stereocenters. The van der Waals surface area contributed by atoms with Crippen molar-refractivity contribution in [1.82, 2.24) is 4.90 Å². The third-order valence-corrected chi connectivity index (χ3v) is 4.66. The number of hydrogen-bond acceptors (Lipinski definition) is 6. The number of benzene rings is 2. The first-order valence-electron chi connectivity index (χ1n) is 7.99. The molecule has 0 radical (unpaired) electrons. The van der Waals surface area contributed by atoms with Crippen molar-refractivity contribution in [3.05, 3.63) is 47.5 Å². The zero-order valence-electron chi connectivity index (χ0n) is 15.6. The van der Waals surface area contributed by atoms with Crippen molar-refractivity contribution in [3.63, 3.8) is 0 Å². The van der Waals surface area contributed by atoms with E-state index in [9.17, 15) is 13.7 Å². The number of aliphatic imine (C=N–C) groups is 1. The van der Waals surface area contributed by atoms with Crippen LogP contribution in [0.1, 0.15) is 11.1 Å². The van der Waals surface area contributed by atoms with Gasteiger partial charge in [0, 0.05) is 32.5 Å².